The average molecular weight is 433 g/mol. The minimum absolute atomic E-state index is 0.00385. The zero-order chi connectivity index (χ0) is 22.0. The van der Waals surface area contributed by atoms with E-state index in [0.29, 0.717) is 11.5 Å². The van der Waals surface area contributed by atoms with Crippen molar-refractivity contribution in [2.45, 2.75) is 19.1 Å². The molecule has 8 heteroatoms. The lowest BCUT2D eigenvalue weighted by Crippen LogP contribution is -2.41. The number of benzene rings is 1. The van der Waals surface area contributed by atoms with Crippen LogP contribution in [-0.4, -0.2) is 47.7 Å². The molecule has 3 heterocycles. The first-order valence-corrected chi connectivity index (χ1v) is 10.8. The molecule has 3 fully saturated rings. The Bertz CT molecular complexity index is 1130. The van der Waals surface area contributed by atoms with Crippen molar-refractivity contribution in [2.75, 3.05) is 14.2 Å². The minimum Gasteiger partial charge on any atom is -0.497 e. The number of likely N-dealkylation sites (tertiary alicyclic amines) is 1. The van der Waals surface area contributed by atoms with Crippen LogP contribution in [0.1, 0.15) is 17.5 Å². The second kappa shape index (κ2) is 7.05. The van der Waals surface area contributed by atoms with Crippen LogP contribution in [0.3, 0.4) is 0 Å². The fourth-order valence-electron chi connectivity index (χ4n) is 6.25. The molecule has 4 aliphatic rings. The molecule has 8 nitrogen and oxygen atoms in total. The van der Waals surface area contributed by atoms with E-state index >= 15 is 0 Å². The Morgan fingerprint density at radius 1 is 1.06 bits per heavy atom. The monoisotopic (exact) mass is 433 g/mol. The highest BCUT2D eigenvalue weighted by molar-refractivity contribution is 6.09. The summed E-state index contributed by atoms with van der Waals surface area (Å²) in [5.74, 6) is 0.528. The van der Waals surface area contributed by atoms with Gasteiger partial charge in [-0.05, 0) is 36.1 Å². The van der Waals surface area contributed by atoms with Gasteiger partial charge in [-0.25, -0.2) is 0 Å². The molecule has 0 spiro atoms. The Labute approximate surface area is 185 Å². The summed E-state index contributed by atoms with van der Waals surface area (Å²) in [6.07, 6.45) is 4.00. The van der Waals surface area contributed by atoms with Gasteiger partial charge in [0.2, 0.25) is 11.8 Å². The zero-order valence-electron chi connectivity index (χ0n) is 17.8. The maximum absolute atomic E-state index is 13.4. The standard InChI is InChI=1S/C24H23N3O5/c1-30-13-5-6-14(17(8-13)31-2)21-20-15-9-16(22(20)32-26-21)19-18(15)23(28)27(24(19)29)11-12-4-3-7-25-10-12/h3-8,10,15-16,18-20,22H,9,11H2,1-2H3. The summed E-state index contributed by atoms with van der Waals surface area (Å²) in [6, 6.07) is 9.30. The number of oxime groups is 1. The number of imide groups is 1. The lowest BCUT2D eigenvalue weighted by atomic mass is 9.71. The minimum atomic E-state index is -0.322. The maximum Gasteiger partial charge on any atom is 0.233 e. The van der Waals surface area contributed by atoms with Crippen LogP contribution in [0, 0.1) is 29.6 Å². The Hall–Kier alpha value is -3.42. The van der Waals surface area contributed by atoms with E-state index in [1.54, 1.807) is 26.6 Å². The van der Waals surface area contributed by atoms with Crippen LogP contribution in [-0.2, 0) is 21.0 Å². The molecular formula is C24H23N3O5. The molecule has 2 saturated carbocycles. The van der Waals surface area contributed by atoms with Gasteiger partial charge in [0.05, 0.1) is 38.3 Å². The van der Waals surface area contributed by atoms with Crippen LogP contribution in [0.2, 0.25) is 0 Å². The van der Waals surface area contributed by atoms with E-state index in [0.717, 1.165) is 23.3 Å². The first-order valence-electron chi connectivity index (χ1n) is 10.8. The fraction of sp³-hybridized carbons (Fsp3) is 0.417. The second-order valence-corrected chi connectivity index (χ2v) is 8.88. The number of hydrogen-bond acceptors (Lipinski definition) is 7. The van der Waals surface area contributed by atoms with E-state index < -0.39 is 0 Å². The van der Waals surface area contributed by atoms with Gasteiger partial charge in [-0.15, -0.1) is 0 Å². The number of methoxy groups -OCH3 is 2. The van der Waals surface area contributed by atoms with Crippen LogP contribution in [0.15, 0.2) is 47.9 Å². The maximum atomic E-state index is 13.4. The summed E-state index contributed by atoms with van der Waals surface area (Å²) in [4.78, 5) is 38.1. The van der Waals surface area contributed by atoms with E-state index in [9.17, 15) is 9.59 Å². The molecule has 2 aliphatic carbocycles. The third-order valence-electron chi connectivity index (χ3n) is 7.53. The number of rotatable bonds is 5. The molecular weight excluding hydrogens is 410 g/mol. The van der Waals surface area contributed by atoms with Crippen molar-refractivity contribution in [1.29, 1.82) is 0 Å². The molecule has 1 saturated heterocycles. The third kappa shape index (κ3) is 2.55. The number of pyridine rings is 1. The first kappa shape index (κ1) is 19.3. The van der Waals surface area contributed by atoms with Gasteiger partial charge in [0, 0.05) is 35.9 Å². The lowest BCUT2D eigenvalue weighted by molar-refractivity contribution is -0.141. The third-order valence-corrected chi connectivity index (χ3v) is 7.53. The molecule has 2 aromatic rings. The summed E-state index contributed by atoms with van der Waals surface area (Å²) in [7, 11) is 3.22. The molecule has 0 N–H and O–H groups in total. The molecule has 6 atom stereocenters. The molecule has 2 bridgehead atoms. The highest BCUT2D eigenvalue weighted by Gasteiger charge is 2.70. The van der Waals surface area contributed by atoms with Gasteiger partial charge in [0.25, 0.3) is 0 Å². The molecule has 2 amide bonds. The van der Waals surface area contributed by atoms with Crippen molar-refractivity contribution >= 4 is 17.5 Å². The fourth-order valence-corrected chi connectivity index (χ4v) is 6.25. The van der Waals surface area contributed by atoms with Gasteiger partial charge < -0.3 is 14.3 Å². The smallest absolute Gasteiger partial charge is 0.233 e. The van der Waals surface area contributed by atoms with Crippen molar-refractivity contribution in [3.8, 4) is 11.5 Å². The number of nitrogens with zero attached hydrogens (tertiary/aromatic N) is 3. The number of amides is 2. The van der Waals surface area contributed by atoms with E-state index in [1.807, 2.05) is 30.3 Å². The number of fused-ring (bicyclic) bond motifs is 8. The van der Waals surface area contributed by atoms with Crippen LogP contribution in [0.5, 0.6) is 11.5 Å². The largest absolute Gasteiger partial charge is 0.497 e. The number of hydrogen-bond donors (Lipinski definition) is 0. The summed E-state index contributed by atoms with van der Waals surface area (Å²) in [6.45, 7) is 0.265. The predicted octanol–water partition coefficient (Wildman–Crippen LogP) is 2.27. The Kier molecular flexibility index (Phi) is 4.25. The van der Waals surface area contributed by atoms with E-state index in [-0.39, 0.29) is 54.1 Å². The van der Waals surface area contributed by atoms with Gasteiger partial charge in [0.15, 0.2) is 0 Å². The van der Waals surface area contributed by atoms with Gasteiger partial charge in [-0.2, -0.15) is 0 Å². The van der Waals surface area contributed by atoms with Gasteiger partial charge >= 0.3 is 0 Å². The zero-order valence-corrected chi connectivity index (χ0v) is 17.8. The second-order valence-electron chi connectivity index (χ2n) is 8.88. The van der Waals surface area contributed by atoms with Crippen molar-refractivity contribution in [2.24, 2.45) is 34.7 Å². The SMILES string of the molecule is COc1ccc(C2=NOC3C4CC(C23)C2C(=O)N(Cc3cccnc3)C(=O)C42)c(OC)c1. The number of carbonyl (C=O) groups is 2. The normalized spacial score (nSPS) is 31.9. The summed E-state index contributed by atoms with van der Waals surface area (Å²) in [5.41, 5.74) is 2.49. The number of ether oxygens (including phenoxy) is 2. The van der Waals surface area contributed by atoms with Crippen LogP contribution in [0.4, 0.5) is 0 Å². The predicted molar refractivity (Wildman–Crippen MR) is 113 cm³/mol. The summed E-state index contributed by atoms with van der Waals surface area (Å²) >= 11 is 0. The van der Waals surface area contributed by atoms with Crippen molar-refractivity contribution in [1.82, 2.24) is 9.88 Å². The van der Waals surface area contributed by atoms with Crippen molar-refractivity contribution in [3.05, 3.63) is 53.9 Å². The quantitative estimate of drug-likeness (QED) is 0.672. The molecule has 0 radical (unpaired) electrons. The highest BCUT2D eigenvalue weighted by atomic mass is 16.6. The first-order chi connectivity index (χ1) is 15.6. The lowest BCUT2D eigenvalue weighted by Gasteiger charge is -2.30. The van der Waals surface area contributed by atoms with E-state index in [1.165, 1.54) is 4.90 Å². The summed E-state index contributed by atoms with van der Waals surface area (Å²) in [5, 5.41) is 4.41. The molecule has 6 unspecified atom stereocenters. The average Bonchev–Trinajstić information content (AvgIpc) is 3.56. The molecule has 164 valence electrons. The van der Waals surface area contributed by atoms with Crippen LogP contribution >= 0.6 is 0 Å². The van der Waals surface area contributed by atoms with Gasteiger partial charge in [-0.3, -0.25) is 19.5 Å². The Morgan fingerprint density at radius 3 is 2.59 bits per heavy atom. The topological polar surface area (TPSA) is 90.3 Å². The molecule has 2 aliphatic heterocycles. The molecule has 1 aromatic heterocycles. The van der Waals surface area contributed by atoms with Gasteiger partial charge in [-0.1, -0.05) is 11.2 Å². The van der Waals surface area contributed by atoms with Crippen LogP contribution in [0.25, 0.3) is 0 Å². The van der Waals surface area contributed by atoms with E-state index in [2.05, 4.69) is 10.1 Å². The number of carbonyl (C=O) groups excluding carboxylic acids is 2. The molecule has 32 heavy (non-hydrogen) atoms. The Morgan fingerprint density at radius 2 is 1.88 bits per heavy atom. The number of aromatic nitrogens is 1. The Balaban J connectivity index is 1.31. The van der Waals surface area contributed by atoms with E-state index in [4.69, 9.17) is 14.3 Å². The van der Waals surface area contributed by atoms with Crippen LogP contribution < -0.4 is 9.47 Å². The van der Waals surface area contributed by atoms with Crippen molar-refractivity contribution in [3.63, 3.8) is 0 Å². The van der Waals surface area contributed by atoms with Gasteiger partial charge in [0.1, 0.15) is 17.6 Å². The summed E-state index contributed by atoms with van der Waals surface area (Å²) < 4.78 is 10.9. The van der Waals surface area contributed by atoms with Crippen molar-refractivity contribution < 1.29 is 23.9 Å². The molecule has 6 rings (SSSR count). The highest BCUT2D eigenvalue weighted by Crippen LogP contribution is 2.62. The molecule has 1 aromatic carbocycles.